The number of nitrogens with zero attached hydrogens (tertiary/aromatic N) is 2. The fourth-order valence-corrected chi connectivity index (χ4v) is 3.25. The highest BCUT2D eigenvalue weighted by Crippen LogP contribution is 2.34. The van der Waals surface area contributed by atoms with Gasteiger partial charge in [0.15, 0.2) is 0 Å². The van der Waals surface area contributed by atoms with Gasteiger partial charge >= 0.3 is 6.18 Å². The lowest BCUT2D eigenvalue weighted by atomic mass is 10.1. The summed E-state index contributed by atoms with van der Waals surface area (Å²) in [6, 6.07) is 17.8. The number of rotatable bonds is 7. The van der Waals surface area contributed by atoms with Crippen LogP contribution in [0, 0.1) is 0 Å². The maximum atomic E-state index is 13.1. The maximum absolute atomic E-state index is 13.1. The van der Waals surface area contributed by atoms with Crippen molar-refractivity contribution in [2.75, 3.05) is 13.2 Å². The second-order valence-electron chi connectivity index (χ2n) is 7.08. The van der Waals surface area contributed by atoms with E-state index in [2.05, 4.69) is 15.5 Å². The number of hydrogen-bond acceptors (Lipinski definition) is 5. The molecule has 1 N–H and O–H groups in total. The van der Waals surface area contributed by atoms with E-state index in [4.69, 9.17) is 21.1 Å². The second-order valence-corrected chi connectivity index (χ2v) is 7.52. The Morgan fingerprint density at radius 3 is 2.47 bits per heavy atom. The lowest BCUT2D eigenvalue weighted by Crippen LogP contribution is -2.29. The number of ether oxygens (including phenoxy) is 2. The molecule has 6 nitrogen and oxygen atoms in total. The molecule has 0 spiro atoms. The zero-order chi connectivity index (χ0) is 24.1. The van der Waals surface area contributed by atoms with Gasteiger partial charge in [-0.2, -0.15) is 13.2 Å². The zero-order valence-electron chi connectivity index (χ0n) is 17.5. The Morgan fingerprint density at radius 1 is 0.941 bits per heavy atom. The monoisotopic (exact) mass is 487 g/mol. The maximum Gasteiger partial charge on any atom is 0.416 e. The third-order valence-corrected chi connectivity index (χ3v) is 4.96. The van der Waals surface area contributed by atoms with E-state index in [0.29, 0.717) is 21.7 Å². The summed E-state index contributed by atoms with van der Waals surface area (Å²) in [5.41, 5.74) is -0.403. The van der Waals surface area contributed by atoms with Gasteiger partial charge in [-0.05, 0) is 48.5 Å². The molecule has 0 atom stereocenters. The largest absolute Gasteiger partial charge is 0.492 e. The normalized spacial score (nSPS) is 11.3. The van der Waals surface area contributed by atoms with Crippen molar-refractivity contribution in [1.82, 2.24) is 15.5 Å². The molecule has 1 amide bonds. The van der Waals surface area contributed by atoms with Gasteiger partial charge in [0, 0.05) is 10.4 Å². The van der Waals surface area contributed by atoms with Crippen LogP contribution in [0.5, 0.6) is 17.4 Å². The zero-order valence-corrected chi connectivity index (χ0v) is 18.2. The summed E-state index contributed by atoms with van der Waals surface area (Å²) >= 11 is 5.84. The van der Waals surface area contributed by atoms with Crippen LogP contribution in [-0.4, -0.2) is 29.3 Å². The van der Waals surface area contributed by atoms with E-state index in [1.807, 2.05) is 0 Å². The lowest BCUT2D eigenvalue weighted by molar-refractivity contribution is -0.137. The number of carbonyl (C=O) groups is 1. The van der Waals surface area contributed by atoms with E-state index >= 15 is 0 Å². The van der Waals surface area contributed by atoms with Crippen LogP contribution in [0.2, 0.25) is 5.02 Å². The first kappa shape index (κ1) is 23.3. The molecule has 0 fully saturated rings. The van der Waals surface area contributed by atoms with Crippen molar-refractivity contribution in [2.24, 2.45) is 0 Å². The second kappa shape index (κ2) is 9.96. The van der Waals surface area contributed by atoms with Crippen molar-refractivity contribution < 1.29 is 27.4 Å². The van der Waals surface area contributed by atoms with Crippen LogP contribution in [0.15, 0.2) is 72.8 Å². The molecule has 1 aromatic heterocycles. The Morgan fingerprint density at radius 2 is 1.71 bits per heavy atom. The Balaban J connectivity index is 1.55. The van der Waals surface area contributed by atoms with E-state index in [1.54, 1.807) is 48.5 Å². The predicted octanol–water partition coefficient (Wildman–Crippen LogP) is 5.90. The van der Waals surface area contributed by atoms with Gasteiger partial charge in [-0.1, -0.05) is 35.9 Å². The molecule has 174 valence electrons. The minimum Gasteiger partial charge on any atom is -0.492 e. The van der Waals surface area contributed by atoms with E-state index in [9.17, 15) is 18.0 Å². The van der Waals surface area contributed by atoms with Gasteiger partial charge in [-0.25, -0.2) is 0 Å². The van der Waals surface area contributed by atoms with Crippen molar-refractivity contribution in [2.45, 2.75) is 6.18 Å². The molecule has 0 saturated heterocycles. The van der Waals surface area contributed by atoms with Crippen molar-refractivity contribution in [3.8, 4) is 17.4 Å². The predicted molar refractivity (Wildman–Crippen MR) is 120 cm³/mol. The molecule has 3 aromatic carbocycles. The number of carbonyl (C=O) groups excluding carboxylic acids is 1. The number of nitrogens with one attached hydrogen (secondary N) is 1. The summed E-state index contributed by atoms with van der Waals surface area (Å²) in [6.45, 7) is 0.328. The molecule has 0 unspecified atom stereocenters. The fraction of sp³-hybridized carbons (Fsp3) is 0.125. The summed E-state index contributed by atoms with van der Waals surface area (Å²) in [5, 5.41) is 11.7. The Bertz CT molecular complexity index is 1310. The molecule has 0 bridgehead atoms. The van der Waals surface area contributed by atoms with Crippen molar-refractivity contribution in [3.05, 3.63) is 88.9 Å². The topological polar surface area (TPSA) is 73.3 Å². The molecule has 0 aliphatic carbocycles. The van der Waals surface area contributed by atoms with Crippen molar-refractivity contribution in [1.29, 1.82) is 0 Å². The summed E-state index contributed by atoms with van der Waals surface area (Å²) in [7, 11) is 0. The van der Waals surface area contributed by atoms with Gasteiger partial charge in [-0.15, -0.1) is 10.2 Å². The first-order valence-electron chi connectivity index (χ1n) is 10.1. The van der Waals surface area contributed by atoms with Gasteiger partial charge < -0.3 is 14.8 Å². The average Bonchev–Trinajstić information content (AvgIpc) is 2.82. The Labute approximate surface area is 197 Å². The van der Waals surface area contributed by atoms with Gasteiger partial charge in [0.25, 0.3) is 11.8 Å². The fourth-order valence-electron chi connectivity index (χ4n) is 3.13. The number of amides is 1. The van der Waals surface area contributed by atoms with Crippen LogP contribution < -0.4 is 14.8 Å². The molecule has 34 heavy (non-hydrogen) atoms. The SMILES string of the molecule is O=C(NCCOc1ccc(Cl)cc1)c1c(Oc2cccc(C(F)(F)F)c2)nnc2ccccc12. The van der Waals surface area contributed by atoms with Crippen molar-refractivity contribution in [3.63, 3.8) is 0 Å². The number of benzene rings is 3. The van der Waals surface area contributed by atoms with E-state index < -0.39 is 17.6 Å². The van der Waals surface area contributed by atoms with E-state index in [-0.39, 0.29) is 30.3 Å². The highest BCUT2D eigenvalue weighted by atomic mass is 35.5. The highest BCUT2D eigenvalue weighted by Gasteiger charge is 2.31. The van der Waals surface area contributed by atoms with Crippen LogP contribution in [0.25, 0.3) is 10.9 Å². The van der Waals surface area contributed by atoms with E-state index in [0.717, 1.165) is 12.1 Å². The van der Waals surface area contributed by atoms with Crippen LogP contribution in [0.4, 0.5) is 13.2 Å². The Kier molecular flexibility index (Phi) is 6.83. The van der Waals surface area contributed by atoms with Crippen molar-refractivity contribution >= 4 is 28.4 Å². The molecule has 0 saturated carbocycles. The molecule has 4 rings (SSSR count). The number of hydrogen-bond donors (Lipinski definition) is 1. The molecule has 0 aliphatic rings. The number of fused-ring (bicyclic) bond motifs is 1. The molecular formula is C24H17ClF3N3O3. The Hall–Kier alpha value is -3.85. The smallest absolute Gasteiger partial charge is 0.416 e. The molecular weight excluding hydrogens is 471 g/mol. The minimum absolute atomic E-state index is 0.0505. The van der Waals surface area contributed by atoms with Gasteiger partial charge in [-0.3, -0.25) is 4.79 Å². The number of aromatic nitrogens is 2. The molecule has 1 heterocycles. The van der Waals surface area contributed by atoms with Crippen LogP contribution in [-0.2, 0) is 6.18 Å². The van der Waals surface area contributed by atoms with E-state index in [1.165, 1.54) is 12.1 Å². The van der Waals surface area contributed by atoms with Crippen LogP contribution in [0.3, 0.4) is 0 Å². The molecule has 4 aromatic rings. The third kappa shape index (κ3) is 5.55. The standard InChI is InChI=1S/C24H17ClF3N3O3/c25-16-8-10-17(11-9-16)33-13-12-29-22(32)21-19-6-1-2-7-20(19)30-31-23(21)34-18-5-3-4-15(14-18)24(26,27)28/h1-11,14H,12-13H2,(H,29,32). The van der Waals surface area contributed by atoms with Gasteiger partial charge in [0.05, 0.1) is 17.6 Å². The third-order valence-electron chi connectivity index (χ3n) is 4.71. The van der Waals surface area contributed by atoms with Gasteiger partial charge in [0.1, 0.15) is 23.7 Å². The minimum atomic E-state index is -4.54. The number of halogens is 4. The summed E-state index contributed by atoms with van der Waals surface area (Å²) in [4.78, 5) is 13.0. The van der Waals surface area contributed by atoms with Crippen LogP contribution >= 0.6 is 11.6 Å². The highest BCUT2D eigenvalue weighted by molar-refractivity contribution is 6.30. The molecule has 10 heteroatoms. The van der Waals surface area contributed by atoms with Gasteiger partial charge in [0.2, 0.25) is 0 Å². The summed E-state index contributed by atoms with van der Waals surface area (Å²) < 4.78 is 50.4. The lowest BCUT2D eigenvalue weighted by Gasteiger charge is -2.14. The van der Waals surface area contributed by atoms with Crippen LogP contribution in [0.1, 0.15) is 15.9 Å². The molecule has 0 radical (unpaired) electrons. The first-order valence-corrected chi connectivity index (χ1v) is 10.5. The first-order chi connectivity index (χ1) is 16.3. The number of alkyl halides is 3. The summed E-state index contributed by atoms with van der Waals surface area (Å²) in [5.74, 6) is -0.287. The quantitative estimate of drug-likeness (QED) is 0.328. The summed E-state index contributed by atoms with van der Waals surface area (Å²) in [6.07, 6.45) is -4.54. The average molecular weight is 488 g/mol. The molecule has 0 aliphatic heterocycles.